The molecule has 0 aliphatic carbocycles. The predicted molar refractivity (Wildman–Crippen MR) is 138 cm³/mol. The van der Waals surface area contributed by atoms with Crippen LogP contribution in [0.15, 0.2) is 54.6 Å². The molecule has 2 aromatic carbocycles. The van der Waals surface area contributed by atoms with Crippen molar-refractivity contribution in [2.75, 3.05) is 36.5 Å². The van der Waals surface area contributed by atoms with Gasteiger partial charge in [0, 0.05) is 30.9 Å². The van der Waals surface area contributed by atoms with Gasteiger partial charge in [-0.05, 0) is 55.0 Å². The highest BCUT2D eigenvalue weighted by atomic mass is 16.2. The molecule has 7 nitrogen and oxygen atoms in total. The average Bonchev–Trinajstić information content (AvgIpc) is 3.05. The number of carbonyl (C=O) groups is 3. The summed E-state index contributed by atoms with van der Waals surface area (Å²) in [6, 6.07) is 17.5. The number of hydrogen-bond acceptors (Lipinski definition) is 4. The maximum atomic E-state index is 13.8. The zero-order valence-electron chi connectivity index (χ0n) is 21.2. The predicted octanol–water partition coefficient (Wildman–Crippen LogP) is 4.04. The van der Waals surface area contributed by atoms with Crippen molar-refractivity contribution in [2.24, 2.45) is 5.41 Å². The van der Waals surface area contributed by atoms with Gasteiger partial charge in [-0.2, -0.15) is 0 Å². The lowest BCUT2D eigenvalue weighted by Crippen LogP contribution is -2.57. The largest absolute Gasteiger partial charge is 0.342 e. The topological polar surface area (TPSA) is 73.0 Å². The van der Waals surface area contributed by atoms with Crippen LogP contribution in [0.3, 0.4) is 0 Å². The molecule has 2 heterocycles. The number of anilines is 2. The molecule has 0 saturated carbocycles. The molecule has 35 heavy (non-hydrogen) atoms. The van der Waals surface area contributed by atoms with Crippen LogP contribution >= 0.6 is 0 Å². The average molecular weight is 477 g/mol. The van der Waals surface area contributed by atoms with Crippen LogP contribution in [0.5, 0.6) is 0 Å². The SMILES string of the molecule is Cc1cccc(NC(=O)CN2CN(c3ccccc3)C3(CCN(C(=O)CC(C)(C)C)CC3)C2=O)c1. The van der Waals surface area contributed by atoms with E-state index >= 15 is 0 Å². The number of piperidine rings is 1. The van der Waals surface area contributed by atoms with Gasteiger partial charge in [0.05, 0.1) is 6.67 Å². The number of aryl methyl sites for hydroxylation is 1. The summed E-state index contributed by atoms with van der Waals surface area (Å²) in [5.74, 6) is -0.117. The Kier molecular flexibility index (Phi) is 6.88. The maximum absolute atomic E-state index is 13.8. The number of nitrogens with zero attached hydrogens (tertiary/aromatic N) is 3. The zero-order valence-corrected chi connectivity index (χ0v) is 21.2. The van der Waals surface area contributed by atoms with E-state index < -0.39 is 5.54 Å². The number of nitrogens with one attached hydrogen (secondary N) is 1. The summed E-state index contributed by atoms with van der Waals surface area (Å²) in [6.45, 7) is 9.57. The van der Waals surface area contributed by atoms with Crippen molar-refractivity contribution in [1.82, 2.24) is 9.80 Å². The minimum absolute atomic E-state index is 0.00940. The number of amides is 3. The molecule has 2 saturated heterocycles. The normalized spacial score (nSPS) is 17.7. The van der Waals surface area contributed by atoms with Gasteiger partial charge in [-0.15, -0.1) is 0 Å². The third-order valence-corrected chi connectivity index (χ3v) is 6.84. The van der Waals surface area contributed by atoms with E-state index in [9.17, 15) is 14.4 Å². The van der Waals surface area contributed by atoms with Gasteiger partial charge >= 0.3 is 0 Å². The lowest BCUT2D eigenvalue weighted by Gasteiger charge is -2.43. The van der Waals surface area contributed by atoms with Gasteiger partial charge < -0.3 is 20.0 Å². The molecule has 3 amide bonds. The Bertz CT molecular complexity index is 1080. The van der Waals surface area contributed by atoms with E-state index in [0.29, 0.717) is 39.0 Å². The van der Waals surface area contributed by atoms with E-state index in [1.807, 2.05) is 66.4 Å². The van der Waals surface area contributed by atoms with E-state index in [1.54, 1.807) is 4.90 Å². The molecule has 2 aliphatic heterocycles. The van der Waals surface area contributed by atoms with Gasteiger partial charge in [0.25, 0.3) is 5.91 Å². The van der Waals surface area contributed by atoms with Crippen LogP contribution in [0.2, 0.25) is 0 Å². The first kappa shape index (κ1) is 24.8. The van der Waals surface area contributed by atoms with Gasteiger partial charge in [-0.3, -0.25) is 14.4 Å². The molecule has 2 fully saturated rings. The minimum atomic E-state index is -0.747. The Morgan fingerprint density at radius 1 is 1.00 bits per heavy atom. The smallest absolute Gasteiger partial charge is 0.250 e. The van der Waals surface area contributed by atoms with Crippen molar-refractivity contribution in [3.8, 4) is 0 Å². The molecule has 0 bridgehead atoms. The lowest BCUT2D eigenvalue weighted by molar-refractivity contribution is -0.140. The summed E-state index contributed by atoms with van der Waals surface area (Å²) in [5, 5.41) is 2.92. The molecule has 0 aromatic heterocycles. The van der Waals surface area contributed by atoms with Gasteiger partial charge in [0.15, 0.2) is 0 Å². The fourth-order valence-corrected chi connectivity index (χ4v) is 5.11. The van der Waals surface area contributed by atoms with E-state index in [4.69, 9.17) is 0 Å². The van der Waals surface area contributed by atoms with E-state index in [1.165, 1.54) is 0 Å². The number of benzene rings is 2. The zero-order chi connectivity index (χ0) is 25.2. The van der Waals surface area contributed by atoms with Gasteiger partial charge in [0.2, 0.25) is 11.8 Å². The van der Waals surface area contributed by atoms with Crippen molar-refractivity contribution in [2.45, 2.75) is 52.5 Å². The van der Waals surface area contributed by atoms with Crippen molar-refractivity contribution in [3.63, 3.8) is 0 Å². The fourth-order valence-electron chi connectivity index (χ4n) is 5.11. The third-order valence-electron chi connectivity index (χ3n) is 6.84. The molecule has 0 atom stereocenters. The Morgan fingerprint density at radius 2 is 1.69 bits per heavy atom. The van der Waals surface area contributed by atoms with E-state index in [-0.39, 0.29) is 29.7 Å². The van der Waals surface area contributed by atoms with Crippen LogP contribution in [0.25, 0.3) is 0 Å². The number of para-hydroxylation sites is 1. The summed E-state index contributed by atoms with van der Waals surface area (Å²) in [5.41, 5.74) is 1.91. The molecule has 2 aromatic rings. The summed E-state index contributed by atoms with van der Waals surface area (Å²) in [7, 11) is 0. The van der Waals surface area contributed by atoms with Crippen LogP contribution in [-0.2, 0) is 14.4 Å². The Morgan fingerprint density at radius 3 is 2.31 bits per heavy atom. The first-order valence-corrected chi connectivity index (χ1v) is 12.3. The highest BCUT2D eigenvalue weighted by Crippen LogP contribution is 2.39. The molecule has 2 aliphatic rings. The summed E-state index contributed by atoms with van der Waals surface area (Å²) in [4.78, 5) is 45.1. The minimum Gasteiger partial charge on any atom is -0.342 e. The Hall–Kier alpha value is -3.35. The molecule has 186 valence electrons. The number of carbonyl (C=O) groups excluding carboxylic acids is 3. The van der Waals surface area contributed by atoms with Gasteiger partial charge in [-0.25, -0.2) is 0 Å². The molecule has 1 N–H and O–H groups in total. The summed E-state index contributed by atoms with van der Waals surface area (Å²) < 4.78 is 0. The van der Waals surface area contributed by atoms with Crippen LogP contribution in [0.4, 0.5) is 11.4 Å². The second-order valence-corrected chi connectivity index (χ2v) is 11.0. The summed E-state index contributed by atoms with van der Waals surface area (Å²) >= 11 is 0. The maximum Gasteiger partial charge on any atom is 0.250 e. The molecule has 0 radical (unpaired) electrons. The Balaban J connectivity index is 1.51. The standard InChI is InChI=1S/C28H36N4O3/c1-21-9-8-10-22(17-21)29-24(33)19-31-20-32(23-11-6-5-7-12-23)28(26(31)35)13-15-30(16-14-28)25(34)18-27(2,3)4/h5-12,17H,13-16,18-20H2,1-4H3,(H,29,33). The van der Waals surface area contributed by atoms with Crippen molar-refractivity contribution >= 4 is 29.1 Å². The van der Waals surface area contributed by atoms with E-state index in [2.05, 4.69) is 31.0 Å². The highest BCUT2D eigenvalue weighted by Gasteiger charge is 2.54. The van der Waals surface area contributed by atoms with Crippen LogP contribution in [0, 0.1) is 12.3 Å². The monoisotopic (exact) mass is 476 g/mol. The second kappa shape index (κ2) is 9.72. The summed E-state index contributed by atoms with van der Waals surface area (Å²) in [6.07, 6.45) is 1.58. The molecule has 7 heteroatoms. The highest BCUT2D eigenvalue weighted by molar-refractivity contribution is 5.99. The van der Waals surface area contributed by atoms with Gasteiger partial charge in [0.1, 0.15) is 12.1 Å². The van der Waals surface area contributed by atoms with Crippen molar-refractivity contribution in [1.29, 1.82) is 0 Å². The van der Waals surface area contributed by atoms with Crippen LogP contribution in [-0.4, -0.2) is 59.4 Å². The first-order valence-electron chi connectivity index (χ1n) is 12.3. The van der Waals surface area contributed by atoms with E-state index in [0.717, 1.165) is 16.9 Å². The second-order valence-electron chi connectivity index (χ2n) is 11.0. The molecule has 1 spiro atoms. The molecular weight excluding hydrogens is 440 g/mol. The van der Waals surface area contributed by atoms with Crippen LogP contribution in [0.1, 0.15) is 45.6 Å². The molecular formula is C28H36N4O3. The fraction of sp³-hybridized carbons (Fsp3) is 0.464. The quantitative estimate of drug-likeness (QED) is 0.707. The third kappa shape index (κ3) is 5.50. The molecule has 0 unspecified atom stereocenters. The van der Waals surface area contributed by atoms with Crippen molar-refractivity contribution < 1.29 is 14.4 Å². The first-order chi connectivity index (χ1) is 16.6. The number of rotatable bonds is 5. The Labute approximate surface area is 208 Å². The van der Waals surface area contributed by atoms with Gasteiger partial charge in [-0.1, -0.05) is 51.1 Å². The lowest BCUT2D eigenvalue weighted by atomic mass is 9.84. The molecule has 4 rings (SSSR count). The van der Waals surface area contributed by atoms with Crippen LogP contribution < -0.4 is 10.2 Å². The number of hydrogen-bond donors (Lipinski definition) is 1. The van der Waals surface area contributed by atoms with Crippen molar-refractivity contribution in [3.05, 3.63) is 60.2 Å². The number of likely N-dealkylation sites (tertiary alicyclic amines) is 1.